The minimum Gasteiger partial charge on any atom is -0.464 e. The molecule has 0 rings (SSSR count). The Kier molecular flexibility index (Phi) is 15.2. The maximum absolute atomic E-state index is 12.4. The van der Waals surface area contributed by atoms with Crippen molar-refractivity contribution in [1.82, 2.24) is 4.90 Å². The molecule has 0 fully saturated rings. The van der Waals surface area contributed by atoms with Gasteiger partial charge in [-0.2, -0.15) is 0 Å². The lowest BCUT2D eigenvalue weighted by molar-refractivity contribution is -0.149. The number of carbonyl (C=O) groups excluding carboxylic acids is 2. The standard InChI is InChI=1S/C21H41NO4/c1-6-8-9-10-11-12-13-14-15-16-26-20(23)19(17-18(3)4)22(5)21(24)25-7-2/h18-19H,6-17H2,1-5H3. The van der Waals surface area contributed by atoms with Gasteiger partial charge in [-0.25, -0.2) is 9.59 Å². The van der Waals surface area contributed by atoms with Crippen LogP contribution in [0, 0.1) is 5.92 Å². The van der Waals surface area contributed by atoms with Crippen LogP contribution in [0.4, 0.5) is 4.79 Å². The zero-order valence-corrected chi connectivity index (χ0v) is 17.7. The lowest BCUT2D eigenvalue weighted by atomic mass is 10.0. The Morgan fingerprint density at radius 3 is 1.88 bits per heavy atom. The SMILES string of the molecule is CCCCCCCCCCCOC(=O)C(CC(C)C)N(C)C(=O)OCC. The van der Waals surface area contributed by atoms with Gasteiger partial charge in [-0.15, -0.1) is 0 Å². The molecule has 0 aromatic heterocycles. The van der Waals surface area contributed by atoms with Crippen molar-refractivity contribution in [2.75, 3.05) is 20.3 Å². The Labute approximate surface area is 160 Å². The van der Waals surface area contributed by atoms with Crippen LogP contribution in [-0.4, -0.2) is 43.3 Å². The summed E-state index contributed by atoms with van der Waals surface area (Å²) in [6.45, 7) is 8.77. The molecular formula is C21H41NO4. The molecule has 5 nitrogen and oxygen atoms in total. The predicted octanol–water partition coefficient (Wildman–Crippen LogP) is 5.56. The van der Waals surface area contributed by atoms with Crippen molar-refractivity contribution >= 4 is 12.1 Å². The molecule has 0 N–H and O–H groups in total. The van der Waals surface area contributed by atoms with Crippen LogP contribution < -0.4 is 0 Å². The third-order valence-electron chi connectivity index (χ3n) is 4.48. The van der Waals surface area contributed by atoms with Crippen LogP contribution in [0.2, 0.25) is 0 Å². The first kappa shape index (κ1) is 24.7. The lowest BCUT2D eigenvalue weighted by Gasteiger charge is -2.27. The summed E-state index contributed by atoms with van der Waals surface area (Å²) in [7, 11) is 1.60. The molecule has 0 aliphatic rings. The number of nitrogens with zero attached hydrogens (tertiary/aromatic N) is 1. The van der Waals surface area contributed by atoms with Gasteiger partial charge in [-0.1, -0.05) is 72.1 Å². The summed E-state index contributed by atoms with van der Waals surface area (Å²) in [6.07, 6.45) is 11.1. The molecule has 26 heavy (non-hydrogen) atoms. The average Bonchev–Trinajstić information content (AvgIpc) is 2.60. The highest BCUT2D eigenvalue weighted by atomic mass is 16.6. The largest absolute Gasteiger partial charge is 0.464 e. The van der Waals surface area contributed by atoms with E-state index in [1.165, 1.54) is 49.8 Å². The molecule has 0 bridgehead atoms. The molecule has 0 heterocycles. The highest BCUT2D eigenvalue weighted by Gasteiger charge is 2.29. The van der Waals surface area contributed by atoms with E-state index in [2.05, 4.69) is 6.92 Å². The first-order chi connectivity index (χ1) is 12.4. The van der Waals surface area contributed by atoms with Gasteiger partial charge < -0.3 is 9.47 Å². The number of hydrogen-bond donors (Lipinski definition) is 0. The molecule has 0 saturated heterocycles. The molecule has 1 unspecified atom stereocenters. The summed E-state index contributed by atoms with van der Waals surface area (Å²) in [5.41, 5.74) is 0. The van der Waals surface area contributed by atoms with Crippen LogP contribution in [0.5, 0.6) is 0 Å². The van der Waals surface area contributed by atoms with Crippen LogP contribution in [0.25, 0.3) is 0 Å². The number of likely N-dealkylation sites (N-methyl/N-ethyl adjacent to an activating group) is 1. The van der Waals surface area contributed by atoms with Crippen molar-refractivity contribution in [2.24, 2.45) is 5.92 Å². The van der Waals surface area contributed by atoms with E-state index in [9.17, 15) is 9.59 Å². The zero-order valence-electron chi connectivity index (χ0n) is 17.7. The Morgan fingerprint density at radius 1 is 0.846 bits per heavy atom. The van der Waals surface area contributed by atoms with Gasteiger partial charge in [-0.05, 0) is 25.7 Å². The summed E-state index contributed by atoms with van der Waals surface area (Å²) < 4.78 is 10.4. The predicted molar refractivity (Wildman–Crippen MR) is 106 cm³/mol. The summed E-state index contributed by atoms with van der Waals surface area (Å²) in [4.78, 5) is 25.7. The van der Waals surface area contributed by atoms with Gasteiger partial charge in [0.2, 0.25) is 0 Å². The van der Waals surface area contributed by atoms with E-state index >= 15 is 0 Å². The van der Waals surface area contributed by atoms with Crippen molar-refractivity contribution in [3.05, 3.63) is 0 Å². The molecule has 1 atom stereocenters. The van der Waals surface area contributed by atoms with Crippen molar-refractivity contribution in [2.45, 2.75) is 97.9 Å². The van der Waals surface area contributed by atoms with E-state index in [0.29, 0.717) is 19.6 Å². The van der Waals surface area contributed by atoms with Crippen LogP contribution >= 0.6 is 0 Å². The summed E-state index contributed by atoms with van der Waals surface area (Å²) in [5.74, 6) is -0.0362. The number of esters is 1. The van der Waals surface area contributed by atoms with Crippen LogP contribution in [0.1, 0.15) is 91.9 Å². The third kappa shape index (κ3) is 12.2. The second kappa shape index (κ2) is 16.0. The quantitative estimate of drug-likeness (QED) is 0.279. The van der Waals surface area contributed by atoms with Crippen LogP contribution in [0.15, 0.2) is 0 Å². The van der Waals surface area contributed by atoms with Crippen molar-refractivity contribution in [3.63, 3.8) is 0 Å². The molecule has 0 aromatic rings. The molecule has 154 valence electrons. The summed E-state index contributed by atoms with van der Waals surface area (Å²) in [6, 6.07) is -0.576. The second-order valence-electron chi connectivity index (χ2n) is 7.45. The molecule has 0 saturated carbocycles. The zero-order chi connectivity index (χ0) is 19.8. The average molecular weight is 372 g/mol. The normalized spacial score (nSPS) is 12.1. The Balaban J connectivity index is 4.04. The van der Waals surface area contributed by atoms with E-state index < -0.39 is 12.1 Å². The number of hydrogen-bond acceptors (Lipinski definition) is 4. The van der Waals surface area contributed by atoms with Gasteiger partial charge in [0.1, 0.15) is 6.04 Å². The first-order valence-electron chi connectivity index (χ1n) is 10.5. The summed E-state index contributed by atoms with van der Waals surface area (Å²) >= 11 is 0. The van der Waals surface area contributed by atoms with Crippen molar-refractivity contribution in [3.8, 4) is 0 Å². The third-order valence-corrected chi connectivity index (χ3v) is 4.48. The molecule has 1 amide bonds. The maximum Gasteiger partial charge on any atom is 0.410 e. The van der Waals surface area contributed by atoms with Gasteiger partial charge >= 0.3 is 12.1 Å². The van der Waals surface area contributed by atoms with E-state index in [1.807, 2.05) is 13.8 Å². The van der Waals surface area contributed by atoms with Crippen molar-refractivity contribution in [1.29, 1.82) is 0 Å². The molecule has 0 spiro atoms. The molecule has 5 heteroatoms. The van der Waals surface area contributed by atoms with Gasteiger partial charge in [-0.3, -0.25) is 4.90 Å². The highest BCUT2D eigenvalue weighted by molar-refractivity contribution is 5.81. The van der Waals surface area contributed by atoms with E-state index in [4.69, 9.17) is 9.47 Å². The van der Waals surface area contributed by atoms with Crippen LogP contribution in [0.3, 0.4) is 0 Å². The number of amides is 1. The fraction of sp³-hybridized carbons (Fsp3) is 0.905. The van der Waals surface area contributed by atoms with Gasteiger partial charge in [0.25, 0.3) is 0 Å². The van der Waals surface area contributed by atoms with Gasteiger partial charge in [0, 0.05) is 7.05 Å². The topological polar surface area (TPSA) is 55.8 Å². The monoisotopic (exact) mass is 371 g/mol. The molecule has 0 aromatic carbocycles. The number of rotatable bonds is 15. The first-order valence-corrected chi connectivity index (χ1v) is 10.5. The van der Waals surface area contributed by atoms with Crippen LogP contribution in [-0.2, 0) is 14.3 Å². The minimum atomic E-state index is -0.576. The number of unbranched alkanes of at least 4 members (excludes halogenated alkanes) is 8. The Bertz CT molecular complexity index is 371. The summed E-state index contributed by atoms with van der Waals surface area (Å²) in [5, 5.41) is 0. The fourth-order valence-corrected chi connectivity index (χ4v) is 2.89. The molecule has 0 aliphatic carbocycles. The molecule has 0 aliphatic heterocycles. The maximum atomic E-state index is 12.4. The fourth-order valence-electron chi connectivity index (χ4n) is 2.89. The van der Waals surface area contributed by atoms with Gasteiger partial charge in [0.15, 0.2) is 0 Å². The second-order valence-corrected chi connectivity index (χ2v) is 7.45. The smallest absolute Gasteiger partial charge is 0.410 e. The Hall–Kier alpha value is -1.26. The Morgan fingerprint density at radius 2 is 1.38 bits per heavy atom. The minimum absolute atomic E-state index is 0.289. The van der Waals surface area contributed by atoms with Gasteiger partial charge in [0.05, 0.1) is 13.2 Å². The lowest BCUT2D eigenvalue weighted by Crippen LogP contribution is -2.44. The highest BCUT2D eigenvalue weighted by Crippen LogP contribution is 2.14. The van der Waals surface area contributed by atoms with E-state index in [0.717, 1.165) is 12.8 Å². The molecule has 0 radical (unpaired) electrons. The van der Waals surface area contributed by atoms with E-state index in [1.54, 1.807) is 14.0 Å². The van der Waals surface area contributed by atoms with Crippen molar-refractivity contribution < 1.29 is 19.1 Å². The van der Waals surface area contributed by atoms with E-state index in [-0.39, 0.29) is 11.9 Å². The number of ether oxygens (including phenoxy) is 2. The number of carbonyl (C=O) groups is 2. The molecular weight excluding hydrogens is 330 g/mol.